The van der Waals surface area contributed by atoms with Gasteiger partial charge >= 0.3 is 0 Å². The van der Waals surface area contributed by atoms with Crippen LogP contribution >= 0.6 is 11.6 Å². The lowest BCUT2D eigenvalue weighted by Crippen LogP contribution is -2.47. The number of nitrogens with one attached hydrogen (secondary N) is 5. The number of hydrazine groups is 2. The number of halogens is 3. The van der Waals surface area contributed by atoms with E-state index in [0.717, 1.165) is 0 Å². The van der Waals surface area contributed by atoms with Crippen molar-refractivity contribution in [3.8, 4) is 0 Å². The van der Waals surface area contributed by atoms with Crippen LogP contribution < -0.4 is 27.0 Å². The fraction of sp³-hybridized carbons (Fsp3) is 0.188. The average Bonchev–Trinajstić information content (AvgIpc) is 3.03. The molecule has 5 N–H and O–H groups in total. The van der Waals surface area contributed by atoms with Gasteiger partial charge in [-0.25, -0.2) is 19.6 Å². The molecular formula is C16H16ClF2N5O. The summed E-state index contributed by atoms with van der Waals surface area (Å²) in [5.74, 6) is -1.29. The second kappa shape index (κ2) is 7.32. The van der Waals surface area contributed by atoms with E-state index in [1.165, 1.54) is 24.3 Å². The third-order valence-corrected chi connectivity index (χ3v) is 4.04. The SMILES string of the molecule is Cc1ccc(NC2NNNC2C(=O)Nc2ccc(F)c(Cl)c2)cc1F. The van der Waals surface area contributed by atoms with E-state index in [1.807, 2.05) is 0 Å². The van der Waals surface area contributed by atoms with Gasteiger partial charge < -0.3 is 10.6 Å². The Hall–Kier alpha value is -2.26. The van der Waals surface area contributed by atoms with Crippen LogP contribution in [-0.2, 0) is 4.79 Å². The van der Waals surface area contributed by atoms with Crippen LogP contribution in [0.15, 0.2) is 36.4 Å². The molecule has 9 heteroatoms. The summed E-state index contributed by atoms with van der Waals surface area (Å²) in [6.07, 6.45) is -0.543. The van der Waals surface area contributed by atoms with Crippen LogP contribution in [0.3, 0.4) is 0 Å². The first-order chi connectivity index (χ1) is 11.9. The van der Waals surface area contributed by atoms with Gasteiger partial charge in [0.05, 0.1) is 5.02 Å². The molecule has 1 heterocycles. The van der Waals surface area contributed by atoms with E-state index in [1.54, 1.807) is 19.1 Å². The largest absolute Gasteiger partial charge is 0.367 e. The summed E-state index contributed by atoms with van der Waals surface area (Å²) in [5.41, 5.74) is 9.67. The summed E-state index contributed by atoms with van der Waals surface area (Å²) in [7, 11) is 0. The van der Waals surface area contributed by atoms with Gasteiger partial charge in [-0.05, 0) is 42.8 Å². The van der Waals surface area contributed by atoms with Crippen molar-refractivity contribution in [1.29, 1.82) is 0 Å². The highest BCUT2D eigenvalue weighted by atomic mass is 35.5. The molecule has 0 aromatic heterocycles. The maximum absolute atomic E-state index is 13.7. The monoisotopic (exact) mass is 367 g/mol. The third kappa shape index (κ3) is 4.05. The molecule has 0 saturated carbocycles. The van der Waals surface area contributed by atoms with Gasteiger partial charge in [0, 0.05) is 11.4 Å². The molecule has 2 unspecified atom stereocenters. The van der Waals surface area contributed by atoms with Gasteiger partial charge in [0.2, 0.25) is 5.91 Å². The molecule has 3 rings (SSSR count). The zero-order valence-electron chi connectivity index (χ0n) is 13.2. The van der Waals surface area contributed by atoms with E-state index < -0.39 is 18.0 Å². The Kier molecular flexibility index (Phi) is 5.14. The number of hydrogen-bond acceptors (Lipinski definition) is 5. The van der Waals surface area contributed by atoms with Crippen LogP contribution in [0, 0.1) is 18.6 Å². The Morgan fingerprint density at radius 2 is 1.84 bits per heavy atom. The number of carbonyl (C=O) groups excluding carboxylic acids is 1. The summed E-state index contributed by atoms with van der Waals surface area (Å²) >= 11 is 5.71. The second-order valence-corrected chi connectivity index (χ2v) is 6.00. The van der Waals surface area contributed by atoms with Gasteiger partial charge in [-0.15, -0.1) is 0 Å². The van der Waals surface area contributed by atoms with E-state index in [2.05, 4.69) is 27.0 Å². The fourth-order valence-corrected chi connectivity index (χ4v) is 2.54. The van der Waals surface area contributed by atoms with Gasteiger partial charge in [0.25, 0.3) is 0 Å². The molecule has 2 aromatic carbocycles. The number of aryl methyl sites for hydroxylation is 1. The molecule has 1 saturated heterocycles. The summed E-state index contributed by atoms with van der Waals surface area (Å²) in [5, 5.41) is 5.58. The normalized spacial score (nSPS) is 19.7. The summed E-state index contributed by atoms with van der Waals surface area (Å²) in [6.45, 7) is 1.67. The highest BCUT2D eigenvalue weighted by Crippen LogP contribution is 2.20. The van der Waals surface area contributed by atoms with E-state index in [0.29, 0.717) is 16.9 Å². The first-order valence-corrected chi connectivity index (χ1v) is 7.86. The molecule has 132 valence electrons. The first-order valence-electron chi connectivity index (χ1n) is 7.49. The van der Waals surface area contributed by atoms with Crippen molar-refractivity contribution in [3.05, 3.63) is 58.6 Å². The lowest BCUT2D eigenvalue weighted by Gasteiger charge is -2.20. The lowest BCUT2D eigenvalue weighted by atomic mass is 10.1. The molecule has 2 atom stereocenters. The fourth-order valence-electron chi connectivity index (χ4n) is 2.36. The number of amides is 1. The minimum Gasteiger partial charge on any atom is -0.367 e. The highest BCUT2D eigenvalue weighted by Gasteiger charge is 2.33. The standard InChI is InChI=1S/C16H16ClF2N5O/c1-8-2-3-10(7-13(8)19)20-15-14(22-24-23-15)16(25)21-9-4-5-12(18)11(17)6-9/h2-7,14-15,20,22-24H,1H3,(H,21,25). The zero-order chi connectivity index (χ0) is 18.0. The zero-order valence-corrected chi connectivity index (χ0v) is 13.9. The maximum atomic E-state index is 13.7. The molecule has 1 fully saturated rings. The van der Waals surface area contributed by atoms with Crippen molar-refractivity contribution in [2.45, 2.75) is 19.1 Å². The molecule has 0 aliphatic carbocycles. The van der Waals surface area contributed by atoms with Crippen LogP contribution in [-0.4, -0.2) is 18.1 Å². The maximum Gasteiger partial charge on any atom is 0.246 e. The minimum absolute atomic E-state index is 0.0850. The van der Waals surface area contributed by atoms with E-state index in [9.17, 15) is 13.6 Å². The first kappa shape index (κ1) is 17.6. The number of carbonyl (C=O) groups is 1. The van der Waals surface area contributed by atoms with Gasteiger partial charge in [-0.1, -0.05) is 17.7 Å². The number of hydrogen-bond donors (Lipinski definition) is 5. The minimum atomic E-state index is -0.715. The average molecular weight is 368 g/mol. The number of rotatable bonds is 4. The highest BCUT2D eigenvalue weighted by molar-refractivity contribution is 6.31. The Bertz CT molecular complexity index is 804. The predicted octanol–water partition coefficient (Wildman–Crippen LogP) is 2.28. The van der Waals surface area contributed by atoms with E-state index in [4.69, 9.17) is 11.6 Å². The number of anilines is 2. The van der Waals surface area contributed by atoms with Crippen LogP contribution in [0.5, 0.6) is 0 Å². The van der Waals surface area contributed by atoms with Crippen LogP contribution in [0.2, 0.25) is 5.02 Å². The van der Waals surface area contributed by atoms with E-state index >= 15 is 0 Å². The molecule has 0 radical (unpaired) electrons. The van der Waals surface area contributed by atoms with Crippen molar-refractivity contribution >= 4 is 28.9 Å². The topological polar surface area (TPSA) is 77.2 Å². The Morgan fingerprint density at radius 1 is 1.08 bits per heavy atom. The van der Waals surface area contributed by atoms with Crippen molar-refractivity contribution in [2.75, 3.05) is 10.6 Å². The van der Waals surface area contributed by atoms with Gasteiger partial charge in [-0.3, -0.25) is 4.79 Å². The third-order valence-electron chi connectivity index (χ3n) is 3.75. The molecule has 6 nitrogen and oxygen atoms in total. The van der Waals surface area contributed by atoms with Crippen molar-refractivity contribution < 1.29 is 13.6 Å². The van der Waals surface area contributed by atoms with Crippen LogP contribution in [0.1, 0.15) is 5.56 Å². The summed E-state index contributed by atoms with van der Waals surface area (Å²) < 4.78 is 26.8. The van der Waals surface area contributed by atoms with Crippen molar-refractivity contribution in [3.63, 3.8) is 0 Å². The molecule has 2 aromatic rings. The predicted molar refractivity (Wildman–Crippen MR) is 91.8 cm³/mol. The number of benzene rings is 2. The molecule has 1 amide bonds. The Balaban J connectivity index is 1.68. The summed E-state index contributed by atoms with van der Waals surface area (Å²) in [6, 6.07) is 7.89. The van der Waals surface area contributed by atoms with Gasteiger partial charge in [-0.2, -0.15) is 5.53 Å². The molecule has 1 aliphatic heterocycles. The smallest absolute Gasteiger partial charge is 0.246 e. The lowest BCUT2D eigenvalue weighted by molar-refractivity contribution is -0.118. The van der Waals surface area contributed by atoms with Gasteiger partial charge in [0.1, 0.15) is 23.8 Å². The Morgan fingerprint density at radius 3 is 2.56 bits per heavy atom. The van der Waals surface area contributed by atoms with Crippen LogP contribution in [0.4, 0.5) is 20.2 Å². The van der Waals surface area contributed by atoms with Crippen molar-refractivity contribution in [1.82, 2.24) is 16.4 Å². The molecule has 0 bridgehead atoms. The molecule has 25 heavy (non-hydrogen) atoms. The second-order valence-electron chi connectivity index (χ2n) is 5.60. The quantitative estimate of drug-likeness (QED) is 0.573. The Labute approximate surface area is 147 Å². The molecule has 1 aliphatic rings. The van der Waals surface area contributed by atoms with Gasteiger partial charge in [0.15, 0.2) is 0 Å². The van der Waals surface area contributed by atoms with Crippen LogP contribution in [0.25, 0.3) is 0 Å². The molecular weight excluding hydrogens is 352 g/mol. The summed E-state index contributed by atoms with van der Waals surface area (Å²) in [4.78, 5) is 12.4. The molecule has 0 spiro atoms. The van der Waals surface area contributed by atoms with E-state index in [-0.39, 0.29) is 16.7 Å². The van der Waals surface area contributed by atoms with Crippen molar-refractivity contribution in [2.24, 2.45) is 0 Å².